The number of hydrogen-bond acceptors (Lipinski definition) is 6. The number of nitrogen functional groups attached to an aromatic ring is 1. The second-order valence-corrected chi connectivity index (χ2v) is 11.8. The van der Waals surface area contributed by atoms with Crippen molar-refractivity contribution in [3.63, 3.8) is 0 Å². The SMILES string of the molecule is C=CC(=O)N1CCC[C@H]1/C=C/c1c(N)ncnc1-c1ccnc(N2CCn3c(cc4c3CC(C)(C)C4)C2=O)c1C. The van der Waals surface area contributed by atoms with Crippen LogP contribution in [0, 0.1) is 12.3 Å². The molecule has 9 nitrogen and oxygen atoms in total. The van der Waals surface area contributed by atoms with E-state index in [4.69, 9.17) is 5.73 Å². The summed E-state index contributed by atoms with van der Waals surface area (Å²) in [6.45, 7) is 12.2. The monoisotopic (exact) mass is 537 g/mol. The van der Waals surface area contributed by atoms with Crippen molar-refractivity contribution in [3.05, 3.63) is 71.5 Å². The van der Waals surface area contributed by atoms with Crippen LogP contribution in [0.15, 0.2) is 43.4 Å². The molecule has 9 heteroatoms. The summed E-state index contributed by atoms with van der Waals surface area (Å²) in [7, 11) is 0. The molecule has 0 spiro atoms. The van der Waals surface area contributed by atoms with E-state index in [0.717, 1.165) is 49.0 Å². The van der Waals surface area contributed by atoms with E-state index < -0.39 is 0 Å². The van der Waals surface area contributed by atoms with E-state index in [-0.39, 0.29) is 23.3 Å². The first-order valence-corrected chi connectivity index (χ1v) is 13.9. The van der Waals surface area contributed by atoms with Gasteiger partial charge in [0.15, 0.2) is 0 Å². The van der Waals surface area contributed by atoms with Gasteiger partial charge in [0.2, 0.25) is 5.91 Å². The van der Waals surface area contributed by atoms with Gasteiger partial charge in [0.1, 0.15) is 23.7 Å². The molecule has 1 aliphatic carbocycles. The van der Waals surface area contributed by atoms with Gasteiger partial charge in [-0.1, -0.05) is 32.6 Å². The van der Waals surface area contributed by atoms with Crippen molar-refractivity contribution in [2.24, 2.45) is 5.41 Å². The fourth-order valence-electron chi connectivity index (χ4n) is 6.55. The van der Waals surface area contributed by atoms with Gasteiger partial charge in [0.25, 0.3) is 5.91 Å². The zero-order valence-corrected chi connectivity index (χ0v) is 23.4. The predicted octanol–water partition coefficient (Wildman–Crippen LogP) is 4.21. The van der Waals surface area contributed by atoms with Crippen LogP contribution >= 0.6 is 0 Å². The second kappa shape index (κ2) is 9.73. The van der Waals surface area contributed by atoms with E-state index in [1.54, 1.807) is 11.1 Å². The minimum atomic E-state index is -0.0782. The first-order valence-electron chi connectivity index (χ1n) is 13.9. The third kappa shape index (κ3) is 4.29. The van der Waals surface area contributed by atoms with Gasteiger partial charge in [-0.25, -0.2) is 15.0 Å². The van der Waals surface area contributed by atoms with E-state index in [9.17, 15) is 9.59 Å². The second-order valence-electron chi connectivity index (χ2n) is 11.8. The lowest BCUT2D eigenvalue weighted by atomic mass is 9.90. The highest BCUT2D eigenvalue weighted by Crippen LogP contribution is 2.40. The molecule has 206 valence electrons. The van der Waals surface area contributed by atoms with Crippen LogP contribution in [0.4, 0.5) is 11.6 Å². The maximum atomic E-state index is 13.7. The number of rotatable bonds is 5. The lowest BCUT2D eigenvalue weighted by Crippen LogP contribution is -2.41. The molecule has 2 aliphatic heterocycles. The predicted molar refractivity (Wildman–Crippen MR) is 156 cm³/mol. The first kappa shape index (κ1) is 26.0. The molecule has 0 unspecified atom stereocenters. The molecule has 0 aromatic carbocycles. The largest absolute Gasteiger partial charge is 0.383 e. The van der Waals surface area contributed by atoms with Crippen LogP contribution in [0.1, 0.15) is 59.6 Å². The molecule has 5 heterocycles. The van der Waals surface area contributed by atoms with Crippen molar-refractivity contribution >= 4 is 29.5 Å². The normalized spacial score (nSPS) is 19.8. The molecule has 0 saturated carbocycles. The molecule has 2 amide bonds. The summed E-state index contributed by atoms with van der Waals surface area (Å²) >= 11 is 0. The zero-order valence-electron chi connectivity index (χ0n) is 23.4. The highest BCUT2D eigenvalue weighted by Gasteiger charge is 2.37. The molecule has 1 fully saturated rings. The van der Waals surface area contributed by atoms with Gasteiger partial charge < -0.3 is 15.2 Å². The number of fused-ring (bicyclic) bond motifs is 3. The zero-order chi connectivity index (χ0) is 28.2. The minimum Gasteiger partial charge on any atom is -0.383 e. The number of nitrogens with two attached hydrogens (primary N) is 1. The smallest absolute Gasteiger partial charge is 0.276 e. The van der Waals surface area contributed by atoms with Gasteiger partial charge in [0.05, 0.1) is 11.7 Å². The molecule has 0 bridgehead atoms. The maximum Gasteiger partial charge on any atom is 0.276 e. The van der Waals surface area contributed by atoms with Crippen molar-refractivity contribution in [2.75, 3.05) is 23.7 Å². The summed E-state index contributed by atoms with van der Waals surface area (Å²) in [6.07, 6.45) is 12.2. The number of likely N-dealkylation sites (tertiary alicyclic amines) is 1. The number of carbonyl (C=O) groups is 2. The van der Waals surface area contributed by atoms with Crippen molar-refractivity contribution < 1.29 is 9.59 Å². The topological polar surface area (TPSA) is 110 Å². The fraction of sp³-hybridized carbons (Fsp3) is 0.387. The van der Waals surface area contributed by atoms with E-state index in [1.807, 2.05) is 30.0 Å². The summed E-state index contributed by atoms with van der Waals surface area (Å²) in [5.41, 5.74) is 12.9. The molecule has 0 radical (unpaired) electrons. The number of nitrogens with zero attached hydrogens (tertiary/aromatic N) is 6. The molecule has 1 atom stereocenters. The molecule has 1 saturated heterocycles. The standard InChI is InChI=1S/C31H35N7O2/c1-5-26(39)36-12-6-7-21(36)8-9-23-27(34-18-35-28(23)32)22-10-11-33-29(19(22)2)38-14-13-37-24(30(38)40)15-20-16-31(3,4)17-25(20)37/h5,8-11,15,18,21H,1,6-7,12-14,16-17H2,2-4H3,(H2,32,34,35)/b9-8+/t21-/m0/s1. The minimum absolute atomic E-state index is 0.0262. The third-order valence-electron chi connectivity index (χ3n) is 8.47. The summed E-state index contributed by atoms with van der Waals surface area (Å²) < 4.78 is 2.21. The Morgan fingerprint density at radius 2 is 2.00 bits per heavy atom. The Labute approximate surface area is 234 Å². The molecule has 6 rings (SSSR count). The van der Waals surface area contributed by atoms with Crippen LogP contribution in [0.2, 0.25) is 0 Å². The summed E-state index contributed by atoms with van der Waals surface area (Å²) in [5.74, 6) is 0.872. The number of carbonyl (C=O) groups excluding carboxylic acids is 2. The van der Waals surface area contributed by atoms with Gasteiger partial charge in [-0.05, 0) is 61.8 Å². The lowest BCUT2D eigenvalue weighted by Gasteiger charge is -2.30. The Morgan fingerprint density at radius 3 is 2.80 bits per heavy atom. The third-order valence-corrected chi connectivity index (χ3v) is 8.47. The van der Waals surface area contributed by atoms with E-state index >= 15 is 0 Å². The number of amides is 2. The van der Waals surface area contributed by atoms with E-state index in [0.29, 0.717) is 36.0 Å². The first-order chi connectivity index (χ1) is 19.2. The van der Waals surface area contributed by atoms with Gasteiger partial charge in [-0.3, -0.25) is 14.5 Å². The average molecular weight is 538 g/mol. The van der Waals surface area contributed by atoms with Crippen LogP contribution in [0.25, 0.3) is 17.3 Å². The molecule has 3 aromatic rings. The molecular formula is C31H35N7O2. The van der Waals surface area contributed by atoms with Crippen LogP contribution in [0.5, 0.6) is 0 Å². The van der Waals surface area contributed by atoms with Gasteiger partial charge in [-0.15, -0.1) is 0 Å². The van der Waals surface area contributed by atoms with Crippen LogP contribution in [-0.4, -0.2) is 55.4 Å². The van der Waals surface area contributed by atoms with Gasteiger partial charge in [0, 0.05) is 48.2 Å². The molecular weight excluding hydrogens is 502 g/mol. The van der Waals surface area contributed by atoms with E-state index in [1.165, 1.54) is 23.7 Å². The van der Waals surface area contributed by atoms with Crippen LogP contribution < -0.4 is 10.6 Å². The Kier molecular flexibility index (Phi) is 6.32. The molecule has 2 N–H and O–H groups in total. The Bertz CT molecular complexity index is 1570. The number of aromatic nitrogens is 4. The Hall–Kier alpha value is -4.27. The quantitative estimate of drug-likeness (QED) is 0.489. The van der Waals surface area contributed by atoms with Crippen molar-refractivity contribution in [1.82, 2.24) is 24.4 Å². The summed E-state index contributed by atoms with van der Waals surface area (Å²) in [6, 6.07) is 3.94. The number of anilines is 2. The summed E-state index contributed by atoms with van der Waals surface area (Å²) in [5, 5.41) is 0. The maximum absolute atomic E-state index is 13.7. The van der Waals surface area contributed by atoms with Crippen molar-refractivity contribution in [1.29, 1.82) is 0 Å². The molecule has 3 aliphatic rings. The average Bonchev–Trinajstić information content (AvgIpc) is 3.61. The van der Waals surface area contributed by atoms with Crippen molar-refractivity contribution in [2.45, 2.75) is 59.0 Å². The highest BCUT2D eigenvalue weighted by molar-refractivity contribution is 6.06. The van der Waals surface area contributed by atoms with Crippen LogP contribution in [0.3, 0.4) is 0 Å². The van der Waals surface area contributed by atoms with Crippen LogP contribution in [-0.2, 0) is 24.2 Å². The molecule has 40 heavy (non-hydrogen) atoms. The number of hydrogen-bond donors (Lipinski definition) is 1. The highest BCUT2D eigenvalue weighted by atomic mass is 16.2. The van der Waals surface area contributed by atoms with Crippen molar-refractivity contribution in [3.8, 4) is 11.3 Å². The van der Waals surface area contributed by atoms with E-state index in [2.05, 4.69) is 46.0 Å². The number of pyridine rings is 1. The fourth-order valence-corrected chi connectivity index (χ4v) is 6.55. The Morgan fingerprint density at radius 1 is 1.18 bits per heavy atom. The Balaban J connectivity index is 1.33. The van der Waals surface area contributed by atoms with Gasteiger partial charge in [-0.2, -0.15) is 0 Å². The summed E-state index contributed by atoms with van der Waals surface area (Å²) in [4.78, 5) is 43.1. The lowest BCUT2D eigenvalue weighted by molar-refractivity contribution is -0.126. The van der Waals surface area contributed by atoms with Gasteiger partial charge >= 0.3 is 0 Å². The molecule has 3 aromatic heterocycles.